The summed E-state index contributed by atoms with van der Waals surface area (Å²) in [6, 6.07) is 17.1. The number of carbonyl (C=O) groups excluding carboxylic acids is 1. The first-order valence-corrected chi connectivity index (χ1v) is 8.36. The van der Waals surface area contributed by atoms with Gasteiger partial charge < -0.3 is 10.1 Å². The minimum absolute atomic E-state index is 0.238. The third-order valence-electron chi connectivity index (χ3n) is 4.24. The second-order valence-electron chi connectivity index (χ2n) is 5.98. The summed E-state index contributed by atoms with van der Waals surface area (Å²) in [7, 11) is 1.66. The average molecular weight is 346 g/mol. The van der Waals surface area contributed by atoms with Gasteiger partial charge in [0.05, 0.1) is 30.4 Å². The smallest absolute Gasteiger partial charge is 0.274 e. The van der Waals surface area contributed by atoms with Crippen LogP contribution in [0.4, 0.5) is 5.69 Å². The maximum Gasteiger partial charge on any atom is 0.274 e. The van der Waals surface area contributed by atoms with E-state index in [1.165, 1.54) is 0 Å². The molecule has 2 heterocycles. The molecule has 0 spiro atoms. The van der Waals surface area contributed by atoms with E-state index in [0.717, 1.165) is 21.8 Å². The summed E-state index contributed by atoms with van der Waals surface area (Å²) in [5.41, 5.74) is 2.84. The topological polar surface area (TPSA) is 69.0 Å². The Morgan fingerprint density at radius 3 is 2.85 bits per heavy atom. The van der Waals surface area contributed by atoms with Gasteiger partial charge in [-0.15, -0.1) is 0 Å². The summed E-state index contributed by atoms with van der Waals surface area (Å²) >= 11 is 0. The molecule has 0 saturated carbocycles. The zero-order valence-electron chi connectivity index (χ0n) is 14.3. The van der Waals surface area contributed by atoms with Crippen molar-refractivity contribution < 1.29 is 9.53 Å². The van der Waals surface area contributed by atoms with Gasteiger partial charge in [0, 0.05) is 23.6 Å². The molecule has 1 N–H and O–H groups in total. The lowest BCUT2D eigenvalue weighted by molar-refractivity contribution is 0.102. The molecule has 4 aromatic rings. The Balaban J connectivity index is 1.59. The fraction of sp³-hybridized carbons (Fsp3) is 0.150. The summed E-state index contributed by atoms with van der Waals surface area (Å²) in [6.07, 6.45) is 1.81. The zero-order valence-corrected chi connectivity index (χ0v) is 14.3. The molecule has 1 amide bonds. The van der Waals surface area contributed by atoms with Crippen LogP contribution in [0.25, 0.3) is 21.8 Å². The third-order valence-corrected chi connectivity index (χ3v) is 4.24. The fourth-order valence-corrected chi connectivity index (χ4v) is 2.89. The minimum atomic E-state index is -0.238. The number of pyridine rings is 1. The Hall–Kier alpha value is -3.25. The highest BCUT2D eigenvalue weighted by molar-refractivity contribution is 6.04. The van der Waals surface area contributed by atoms with Gasteiger partial charge >= 0.3 is 0 Å². The lowest BCUT2D eigenvalue weighted by atomic mass is 10.2. The molecule has 0 aliphatic heterocycles. The standard InChI is InChI=1S/C20H18N4O2/c1-26-11-10-24-19-12-16(8-6-15(19)13-21-24)22-20(25)18-9-7-14-4-2-3-5-17(14)23-18/h2-9,12-13H,10-11H2,1H3,(H,22,25). The van der Waals surface area contributed by atoms with Crippen molar-refractivity contribution in [3.63, 3.8) is 0 Å². The summed E-state index contributed by atoms with van der Waals surface area (Å²) < 4.78 is 6.98. The Labute approximate surface area is 150 Å². The van der Waals surface area contributed by atoms with E-state index in [4.69, 9.17) is 4.74 Å². The third kappa shape index (κ3) is 3.14. The Kier molecular flexibility index (Phi) is 4.33. The molecular weight excluding hydrogens is 328 g/mol. The quantitative estimate of drug-likeness (QED) is 0.601. The van der Waals surface area contributed by atoms with E-state index in [1.807, 2.05) is 59.4 Å². The molecule has 6 nitrogen and oxygen atoms in total. The normalized spacial score (nSPS) is 11.1. The van der Waals surface area contributed by atoms with Crippen LogP contribution in [-0.4, -0.2) is 34.4 Å². The van der Waals surface area contributed by atoms with Crippen LogP contribution in [0, 0.1) is 0 Å². The second-order valence-corrected chi connectivity index (χ2v) is 5.98. The molecule has 0 saturated heterocycles. The molecule has 0 unspecified atom stereocenters. The molecule has 0 atom stereocenters. The van der Waals surface area contributed by atoms with Crippen molar-refractivity contribution in [1.82, 2.24) is 14.8 Å². The SMILES string of the molecule is COCCn1ncc2ccc(NC(=O)c3ccc4ccccc4n3)cc21. The summed E-state index contributed by atoms with van der Waals surface area (Å²) in [4.78, 5) is 17.0. The average Bonchev–Trinajstić information content (AvgIpc) is 3.08. The Morgan fingerprint density at radius 1 is 1.12 bits per heavy atom. The molecule has 130 valence electrons. The Morgan fingerprint density at radius 2 is 1.96 bits per heavy atom. The number of fused-ring (bicyclic) bond motifs is 2. The van der Waals surface area contributed by atoms with Gasteiger partial charge in [-0.25, -0.2) is 4.98 Å². The minimum Gasteiger partial charge on any atom is -0.383 e. The van der Waals surface area contributed by atoms with Crippen molar-refractivity contribution in [2.45, 2.75) is 6.54 Å². The van der Waals surface area contributed by atoms with Crippen molar-refractivity contribution in [1.29, 1.82) is 0 Å². The number of amides is 1. The molecule has 0 aliphatic carbocycles. The fourth-order valence-electron chi connectivity index (χ4n) is 2.89. The highest BCUT2D eigenvalue weighted by Gasteiger charge is 2.10. The van der Waals surface area contributed by atoms with Crippen LogP contribution >= 0.6 is 0 Å². The number of anilines is 1. The monoisotopic (exact) mass is 346 g/mol. The number of carbonyl (C=O) groups is 1. The number of hydrogen-bond donors (Lipinski definition) is 1. The van der Waals surface area contributed by atoms with Crippen LogP contribution in [0.2, 0.25) is 0 Å². The molecule has 4 rings (SSSR count). The molecule has 0 radical (unpaired) electrons. The highest BCUT2D eigenvalue weighted by Crippen LogP contribution is 2.20. The van der Waals surface area contributed by atoms with E-state index >= 15 is 0 Å². The van der Waals surface area contributed by atoms with Crippen LogP contribution in [0.15, 0.2) is 60.8 Å². The summed E-state index contributed by atoms with van der Waals surface area (Å²) in [6.45, 7) is 1.23. The molecule has 6 heteroatoms. The molecule has 0 bridgehead atoms. The number of aromatic nitrogens is 3. The lowest BCUT2D eigenvalue weighted by Gasteiger charge is -2.07. The van der Waals surface area contributed by atoms with Gasteiger partial charge in [0.2, 0.25) is 0 Å². The van der Waals surface area contributed by atoms with Crippen LogP contribution < -0.4 is 5.32 Å². The van der Waals surface area contributed by atoms with Crippen molar-refractivity contribution >= 4 is 33.4 Å². The maximum atomic E-state index is 12.6. The van der Waals surface area contributed by atoms with Crippen molar-refractivity contribution in [3.8, 4) is 0 Å². The molecule has 0 fully saturated rings. The van der Waals surface area contributed by atoms with Crippen LogP contribution in [-0.2, 0) is 11.3 Å². The zero-order chi connectivity index (χ0) is 17.9. The number of ether oxygens (including phenoxy) is 1. The summed E-state index contributed by atoms with van der Waals surface area (Å²) in [5.74, 6) is -0.238. The van der Waals surface area contributed by atoms with Gasteiger partial charge in [0.25, 0.3) is 5.91 Å². The van der Waals surface area contributed by atoms with Gasteiger partial charge in [0.1, 0.15) is 5.69 Å². The van der Waals surface area contributed by atoms with E-state index in [9.17, 15) is 4.79 Å². The van der Waals surface area contributed by atoms with Crippen molar-refractivity contribution in [3.05, 3.63) is 66.5 Å². The second kappa shape index (κ2) is 6.93. The van der Waals surface area contributed by atoms with Gasteiger partial charge in [-0.05, 0) is 30.3 Å². The Bertz CT molecular complexity index is 1090. The largest absolute Gasteiger partial charge is 0.383 e. The van der Waals surface area contributed by atoms with Gasteiger partial charge in [0.15, 0.2) is 0 Å². The van der Waals surface area contributed by atoms with E-state index in [0.29, 0.717) is 24.5 Å². The first kappa shape index (κ1) is 16.2. The van der Waals surface area contributed by atoms with Gasteiger partial charge in [-0.2, -0.15) is 5.10 Å². The van der Waals surface area contributed by atoms with Crippen LogP contribution in [0.1, 0.15) is 10.5 Å². The van der Waals surface area contributed by atoms with Crippen molar-refractivity contribution in [2.75, 3.05) is 19.0 Å². The molecule has 26 heavy (non-hydrogen) atoms. The van der Waals surface area contributed by atoms with Gasteiger partial charge in [-0.3, -0.25) is 9.48 Å². The first-order valence-electron chi connectivity index (χ1n) is 8.36. The van der Waals surface area contributed by atoms with E-state index in [2.05, 4.69) is 15.4 Å². The lowest BCUT2D eigenvalue weighted by Crippen LogP contribution is -2.13. The van der Waals surface area contributed by atoms with Gasteiger partial charge in [-0.1, -0.05) is 24.3 Å². The maximum absolute atomic E-state index is 12.6. The number of nitrogens with zero attached hydrogens (tertiary/aromatic N) is 3. The summed E-state index contributed by atoms with van der Waals surface area (Å²) in [5, 5.41) is 9.29. The predicted molar refractivity (Wildman–Crippen MR) is 101 cm³/mol. The highest BCUT2D eigenvalue weighted by atomic mass is 16.5. The molecule has 2 aromatic carbocycles. The van der Waals surface area contributed by atoms with Crippen molar-refractivity contribution in [2.24, 2.45) is 0 Å². The number of nitrogens with one attached hydrogen (secondary N) is 1. The first-order chi connectivity index (χ1) is 12.7. The molecule has 2 aromatic heterocycles. The van der Waals surface area contributed by atoms with E-state index in [1.54, 1.807) is 13.2 Å². The molecule has 0 aliphatic rings. The van der Waals surface area contributed by atoms with E-state index in [-0.39, 0.29) is 5.91 Å². The predicted octanol–water partition coefficient (Wildman–Crippen LogP) is 3.48. The number of benzene rings is 2. The number of para-hydroxylation sites is 1. The molecular formula is C20H18N4O2. The number of hydrogen-bond acceptors (Lipinski definition) is 4. The number of methoxy groups -OCH3 is 1. The van der Waals surface area contributed by atoms with Crippen LogP contribution in [0.5, 0.6) is 0 Å². The van der Waals surface area contributed by atoms with E-state index < -0.39 is 0 Å². The number of rotatable bonds is 5. The van der Waals surface area contributed by atoms with Crippen LogP contribution in [0.3, 0.4) is 0 Å².